The molecule has 0 amide bonds. The number of aliphatic hydroxyl groups excluding tert-OH is 1. The van der Waals surface area contributed by atoms with Crippen molar-refractivity contribution in [1.29, 1.82) is 0 Å². The molecule has 3 nitrogen and oxygen atoms in total. The minimum absolute atomic E-state index is 0. The van der Waals surface area contributed by atoms with Crippen LogP contribution in [0.4, 0.5) is 0 Å². The summed E-state index contributed by atoms with van der Waals surface area (Å²) in [4.78, 5) is 0. The number of hydrogen-bond acceptors (Lipinski definition) is 3. The number of benzene rings is 1. The summed E-state index contributed by atoms with van der Waals surface area (Å²) < 4.78 is 0. The lowest BCUT2D eigenvalue weighted by molar-refractivity contribution is 0.276. The summed E-state index contributed by atoms with van der Waals surface area (Å²) in [6.45, 7) is 0.0663. The SMILES string of the molecule is Cl.N[C@H](CCO)c1cccc(O)c1. The quantitative estimate of drug-likeness (QED) is 0.692. The number of phenols is 1. The van der Waals surface area contributed by atoms with Gasteiger partial charge in [-0.05, 0) is 24.1 Å². The molecule has 0 saturated heterocycles. The van der Waals surface area contributed by atoms with E-state index in [2.05, 4.69) is 0 Å². The summed E-state index contributed by atoms with van der Waals surface area (Å²) in [5.41, 5.74) is 6.55. The van der Waals surface area contributed by atoms with Crippen LogP contribution in [0.15, 0.2) is 24.3 Å². The first kappa shape index (κ1) is 12.2. The molecule has 1 aromatic carbocycles. The highest BCUT2D eigenvalue weighted by Crippen LogP contribution is 2.18. The number of phenolic OH excluding ortho intramolecular Hbond substituents is 1. The Hall–Kier alpha value is -0.770. The summed E-state index contributed by atoms with van der Waals surface area (Å²) in [5.74, 6) is 0.209. The Morgan fingerprint density at radius 3 is 2.62 bits per heavy atom. The zero-order valence-corrected chi connectivity index (χ0v) is 8.00. The molecule has 0 aliphatic heterocycles. The van der Waals surface area contributed by atoms with Gasteiger partial charge in [-0.1, -0.05) is 12.1 Å². The number of halogens is 1. The lowest BCUT2D eigenvalue weighted by Crippen LogP contribution is -2.11. The molecular weight excluding hydrogens is 190 g/mol. The Labute approximate surface area is 83.6 Å². The molecule has 0 spiro atoms. The number of hydrogen-bond donors (Lipinski definition) is 3. The molecule has 0 aliphatic rings. The third kappa shape index (κ3) is 3.63. The third-order valence-corrected chi connectivity index (χ3v) is 1.74. The molecule has 13 heavy (non-hydrogen) atoms. The van der Waals surface area contributed by atoms with Crippen molar-refractivity contribution in [2.45, 2.75) is 12.5 Å². The van der Waals surface area contributed by atoms with E-state index in [9.17, 15) is 0 Å². The van der Waals surface area contributed by atoms with E-state index in [0.29, 0.717) is 6.42 Å². The van der Waals surface area contributed by atoms with E-state index >= 15 is 0 Å². The van der Waals surface area contributed by atoms with Gasteiger partial charge in [-0.15, -0.1) is 12.4 Å². The molecule has 4 heteroatoms. The smallest absolute Gasteiger partial charge is 0.115 e. The normalized spacial score (nSPS) is 11.8. The molecule has 1 rings (SSSR count). The topological polar surface area (TPSA) is 66.5 Å². The maximum atomic E-state index is 9.11. The molecule has 0 radical (unpaired) electrons. The number of aliphatic hydroxyl groups is 1. The van der Waals surface area contributed by atoms with Crippen LogP contribution in [0.5, 0.6) is 5.75 Å². The molecule has 0 bridgehead atoms. The van der Waals surface area contributed by atoms with Crippen LogP contribution < -0.4 is 5.73 Å². The van der Waals surface area contributed by atoms with Crippen molar-refractivity contribution in [3.05, 3.63) is 29.8 Å². The monoisotopic (exact) mass is 203 g/mol. The Morgan fingerprint density at radius 2 is 2.08 bits per heavy atom. The van der Waals surface area contributed by atoms with E-state index in [-0.39, 0.29) is 30.8 Å². The van der Waals surface area contributed by atoms with Crippen molar-refractivity contribution in [1.82, 2.24) is 0 Å². The largest absolute Gasteiger partial charge is 0.508 e. The zero-order chi connectivity index (χ0) is 8.97. The molecule has 0 aliphatic carbocycles. The second-order valence-electron chi connectivity index (χ2n) is 2.71. The average Bonchev–Trinajstić information content (AvgIpc) is 2.05. The highest BCUT2D eigenvalue weighted by Gasteiger charge is 2.04. The number of rotatable bonds is 3. The van der Waals surface area contributed by atoms with Crippen molar-refractivity contribution in [3.8, 4) is 5.75 Å². The van der Waals surface area contributed by atoms with E-state index in [4.69, 9.17) is 15.9 Å². The van der Waals surface area contributed by atoms with Gasteiger partial charge < -0.3 is 15.9 Å². The first-order valence-corrected chi connectivity index (χ1v) is 3.89. The molecule has 0 heterocycles. The summed E-state index contributed by atoms with van der Waals surface area (Å²) in [6, 6.07) is 6.58. The van der Waals surface area contributed by atoms with Gasteiger partial charge in [0.1, 0.15) is 5.75 Å². The van der Waals surface area contributed by atoms with Gasteiger partial charge in [0.15, 0.2) is 0 Å². The Morgan fingerprint density at radius 1 is 1.38 bits per heavy atom. The van der Waals surface area contributed by atoms with Gasteiger partial charge in [0.05, 0.1) is 0 Å². The van der Waals surface area contributed by atoms with E-state index in [1.807, 2.05) is 6.07 Å². The van der Waals surface area contributed by atoms with Crippen molar-refractivity contribution in [2.75, 3.05) is 6.61 Å². The fourth-order valence-electron chi connectivity index (χ4n) is 1.06. The molecule has 0 fully saturated rings. The van der Waals surface area contributed by atoms with Crippen molar-refractivity contribution in [3.63, 3.8) is 0 Å². The molecule has 0 unspecified atom stereocenters. The van der Waals surface area contributed by atoms with E-state index < -0.39 is 0 Å². The Kier molecular flexibility index (Phi) is 5.46. The van der Waals surface area contributed by atoms with Gasteiger partial charge >= 0.3 is 0 Å². The van der Waals surface area contributed by atoms with E-state index in [1.54, 1.807) is 18.2 Å². The molecule has 0 aromatic heterocycles. The highest BCUT2D eigenvalue weighted by molar-refractivity contribution is 5.85. The highest BCUT2D eigenvalue weighted by atomic mass is 35.5. The van der Waals surface area contributed by atoms with Crippen LogP contribution in [0.1, 0.15) is 18.0 Å². The molecule has 74 valence electrons. The maximum Gasteiger partial charge on any atom is 0.115 e. The Balaban J connectivity index is 0.00000144. The van der Waals surface area contributed by atoms with Gasteiger partial charge in [-0.25, -0.2) is 0 Å². The van der Waals surface area contributed by atoms with Gasteiger partial charge in [0, 0.05) is 12.6 Å². The third-order valence-electron chi connectivity index (χ3n) is 1.74. The van der Waals surface area contributed by atoms with Crippen LogP contribution in [0.25, 0.3) is 0 Å². The molecule has 1 atom stereocenters. The van der Waals surface area contributed by atoms with Crippen LogP contribution in [-0.2, 0) is 0 Å². The van der Waals surface area contributed by atoms with Crippen LogP contribution in [0.3, 0.4) is 0 Å². The molecule has 1 aromatic rings. The summed E-state index contributed by atoms with van der Waals surface area (Å²) in [6.07, 6.45) is 0.517. The van der Waals surface area contributed by atoms with E-state index in [1.165, 1.54) is 0 Å². The fraction of sp³-hybridized carbons (Fsp3) is 0.333. The van der Waals surface area contributed by atoms with Crippen LogP contribution in [0, 0.1) is 0 Å². The summed E-state index contributed by atoms with van der Waals surface area (Å²) in [5, 5.41) is 17.7. The lowest BCUT2D eigenvalue weighted by Gasteiger charge is -2.09. The van der Waals surface area contributed by atoms with Gasteiger partial charge in [-0.3, -0.25) is 0 Å². The van der Waals surface area contributed by atoms with Crippen LogP contribution in [0.2, 0.25) is 0 Å². The maximum absolute atomic E-state index is 9.11. The fourth-order valence-corrected chi connectivity index (χ4v) is 1.06. The van der Waals surface area contributed by atoms with Crippen molar-refractivity contribution < 1.29 is 10.2 Å². The molecule has 0 saturated carbocycles. The second kappa shape index (κ2) is 5.80. The zero-order valence-electron chi connectivity index (χ0n) is 7.18. The summed E-state index contributed by atoms with van der Waals surface area (Å²) in [7, 11) is 0. The minimum Gasteiger partial charge on any atom is -0.508 e. The van der Waals surface area contributed by atoms with Gasteiger partial charge in [0.25, 0.3) is 0 Å². The first-order valence-electron chi connectivity index (χ1n) is 3.89. The predicted octanol–water partition coefficient (Wildman–Crippen LogP) is 1.20. The molecule has 4 N–H and O–H groups in total. The van der Waals surface area contributed by atoms with Crippen molar-refractivity contribution in [2.24, 2.45) is 5.73 Å². The van der Waals surface area contributed by atoms with Crippen LogP contribution >= 0.6 is 12.4 Å². The van der Waals surface area contributed by atoms with Crippen LogP contribution in [-0.4, -0.2) is 16.8 Å². The standard InChI is InChI=1S/C9H13NO2.ClH/c10-9(4-5-11)7-2-1-3-8(12)6-7;/h1-3,6,9,11-12H,4-5,10H2;1H/t9-;/m1./s1. The summed E-state index contributed by atoms with van der Waals surface area (Å²) >= 11 is 0. The number of aromatic hydroxyl groups is 1. The second-order valence-corrected chi connectivity index (χ2v) is 2.71. The lowest BCUT2D eigenvalue weighted by atomic mass is 10.1. The number of nitrogens with two attached hydrogens (primary N) is 1. The van der Waals surface area contributed by atoms with Gasteiger partial charge in [0.2, 0.25) is 0 Å². The van der Waals surface area contributed by atoms with Gasteiger partial charge in [-0.2, -0.15) is 0 Å². The predicted molar refractivity (Wildman–Crippen MR) is 54.0 cm³/mol. The Bertz CT molecular complexity index is 255. The van der Waals surface area contributed by atoms with Crippen molar-refractivity contribution >= 4 is 12.4 Å². The first-order chi connectivity index (χ1) is 5.74. The van der Waals surface area contributed by atoms with E-state index in [0.717, 1.165) is 5.56 Å². The molecular formula is C9H14ClNO2. The minimum atomic E-state index is -0.193. The average molecular weight is 204 g/mol.